The highest BCUT2D eigenvalue weighted by atomic mass is 16.4. The summed E-state index contributed by atoms with van der Waals surface area (Å²) in [7, 11) is 0. The number of carbonyl (C=O) groups is 9. The third kappa shape index (κ3) is 23.0. The number of carboxylic acids is 1. The number of primary amides is 2. The Labute approximate surface area is 374 Å². The number of aliphatic carboxylic acids is 1. The van der Waals surface area contributed by atoms with Crippen LogP contribution in [0, 0.1) is 5.92 Å². The summed E-state index contributed by atoms with van der Waals surface area (Å²) in [6.07, 6.45) is 10.1. The molecule has 2 aromatic carbocycles. The van der Waals surface area contributed by atoms with Crippen molar-refractivity contribution in [3.05, 3.63) is 83.9 Å². The smallest absolute Gasteiger partial charge is 0.328 e. The molecule has 0 aliphatic carbocycles. The van der Waals surface area contributed by atoms with E-state index in [1.807, 2.05) is 44.2 Å². The maximum Gasteiger partial charge on any atom is 0.328 e. The number of nitrogens with one attached hydrogen (secondary N) is 6. The highest BCUT2D eigenvalue weighted by Gasteiger charge is 2.30. The minimum Gasteiger partial charge on any atom is -0.478 e. The molecule has 0 spiro atoms. The lowest BCUT2D eigenvalue weighted by Crippen LogP contribution is -2.55. The van der Waals surface area contributed by atoms with E-state index in [9.17, 15) is 43.2 Å². The van der Waals surface area contributed by atoms with Crippen LogP contribution in [0.15, 0.2) is 72.8 Å². The van der Waals surface area contributed by atoms with Gasteiger partial charge in [-0.2, -0.15) is 0 Å². The van der Waals surface area contributed by atoms with E-state index >= 15 is 0 Å². The molecule has 5 atom stereocenters. The lowest BCUT2D eigenvalue weighted by molar-refractivity contribution is -0.133. The second-order valence-electron chi connectivity index (χ2n) is 15.7. The van der Waals surface area contributed by atoms with Crippen LogP contribution < -0.4 is 43.4 Å². The highest BCUT2D eigenvalue weighted by molar-refractivity contribution is 5.98. The number of benzene rings is 2. The van der Waals surface area contributed by atoms with Crippen molar-refractivity contribution in [3.8, 4) is 0 Å². The summed E-state index contributed by atoms with van der Waals surface area (Å²) < 4.78 is 0. The zero-order valence-electron chi connectivity index (χ0n) is 36.9. The zero-order chi connectivity index (χ0) is 47.3. The molecule has 2 rings (SSSR count). The molecule has 0 saturated carbocycles. The average Bonchev–Trinajstić information content (AvgIpc) is 3.26. The fourth-order valence-electron chi connectivity index (χ4n) is 6.62. The summed E-state index contributed by atoms with van der Waals surface area (Å²) in [6.45, 7) is 3.77. The minimum absolute atomic E-state index is 0.0152. The van der Waals surface area contributed by atoms with Gasteiger partial charge in [-0.25, -0.2) is 4.79 Å². The Bertz CT molecular complexity index is 1860. The molecule has 1 unspecified atom stereocenters. The first-order chi connectivity index (χ1) is 30.6. The molecule has 0 fully saturated rings. The molecule has 64 heavy (non-hydrogen) atoms. The Morgan fingerprint density at radius 3 is 1.66 bits per heavy atom. The van der Waals surface area contributed by atoms with Gasteiger partial charge < -0.3 is 48.5 Å². The highest BCUT2D eigenvalue weighted by Crippen LogP contribution is 2.13. The molecular formula is C46H66N8O10. The molecule has 0 saturated heterocycles. The van der Waals surface area contributed by atoms with Crippen LogP contribution in [-0.4, -0.2) is 95.6 Å². The van der Waals surface area contributed by atoms with Gasteiger partial charge in [0.15, 0.2) is 0 Å². The molecular weight excluding hydrogens is 825 g/mol. The summed E-state index contributed by atoms with van der Waals surface area (Å²) in [5.74, 6) is -6.72. The Kier molecular flexibility index (Phi) is 25.5. The summed E-state index contributed by atoms with van der Waals surface area (Å²) in [6, 6.07) is 13.5. The van der Waals surface area contributed by atoms with Crippen LogP contribution in [0.5, 0.6) is 0 Å². The number of hydrogen-bond donors (Lipinski definition) is 9. The van der Waals surface area contributed by atoms with E-state index in [4.69, 9.17) is 16.6 Å². The van der Waals surface area contributed by atoms with Gasteiger partial charge in [-0.1, -0.05) is 126 Å². The Hall–Kier alpha value is -6.59. The van der Waals surface area contributed by atoms with Crippen LogP contribution in [0.4, 0.5) is 0 Å². The van der Waals surface area contributed by atoms with E-state index in [2.05, 4.69) is 31.9 Å². The van der Waals surface area contributed by atoms with Gasteiger partial charge in [0.1, 0.15) is 24.2 Å². The molecule has 0 heterocycles. The van der Waals surface area contributed by atoms with E-state index in [0.717, 1.165) is 63.0 Å². The number of hydrogen-bond acceptors (Lipinski definition) is 9. The first kappa shape index (κ1) is 53.5. The van der Waals surface area contributed by atoms with Crippen LogP contribution >= 0.6 is 0 Å². The van der Waals surface area contributed by atoms with Gasteiger partial charge in [0, 0.05) is 38.0 Å². The van der Waals surface area contributed by atoms with Gasteiger partial charge in [0.25, 0.3) is 0 Å². The molecule has 0 aromatic heterocycles. The van der Waals surface area contributed by atoms with Crippen molar-refractivity contribution in [2.24, 2.45) is 17.4 Å². The fourth-order valence-corrected chi connectivity index (χ4v) is 6.62. The van der Waals surface area contributed by atoms with Crippen molar-refractivity contribution in [1.82, 2.24) is 31.9 Å². The van der Waals surface area contributed by atoms with E-state index in [0.29, 0.717) is 31.0 Å². The van der Waals surface area contributed by atoms with Gasteiger partial charge in [-0.3, -0.25) is 38.4 Å². The van der Waals surface area contributed by atoms with Gasteiger partial charge in [-0.05, 0) is 29.9 Å². The lowest BCUT2D eigenvalue weighted by atomic mass is 9.97. The summed E-state index contributed by atoms with van der Waals surface area (Å²) in [5.41, 5.74) is 12.4. The monoisotopic (exact) mass is 890 g/mol. The quantitative estimate of drug-likeness (QED) is 0.0378. The average molecular weight is 891 g/mol. The van der Waals surface area contributed by atoms with E-state index in [1.165, 1.54) is 0 Å². The van der Waals surface area contributed by atoms with Gasteiger partial charge in [0.2, 0.25) is 47.3 Å². The summed E-state index contributed by atoms with van der Waals surface area (Å²) in [5, 5.41) is 24.4. The molecule has 0 bridgehead atoms. The zero-order valence-corrected chi connectivity index (χ0v) is 36.9. The minimum atomic E-state index is -1.45. The Morgan fingerprint density at radius 2 is 1.12 bits per heavy atom. The second-order valence-corrected chi connectivity index (χ2v) is 15.7. The largest absolute Gasteiger partial charge is 0.478 e. The van der Waals surface area contributed by atoms with Crippen molar-refractivity contribution in [2.75, 3.05) is 13.1 Å². The van der Waals surface area contributed by atoms with Crippen molar-refractivity contribution in [1.29, 1.82) is 0 Å². The number of carboxylic acid groups (broad SMARTS) is 1. The van der Waals surface area contributed by atoms with Gasteiger partial charge in [-0.15, -0.1) is 0 Å². The molecule has 0 aliphatic heterocycles. The summed E-state index contributed by atoms with van der Waals surface area (Å²) >= 11 is 0. The molecule has 0 radical (unpaired) electrons. The topological polar surface area (TPSA) is 298 Å². The Morgan fingerprint density at radius 1 is 0.594 bits per heavy atom. The third-order valence-corrected chi connectivity index (χ3v) is 10.4. The molecule has 8 amide bonds. The standard InChI is InChI=1S/C46H66N8O10/c1-3-31(2)42(46(64)52-34(43(48)61)27-32-19-13-11-14-20-32)54-38(56)23-17-9-7-5-4-6-8-10-18-26-49-40(58)30-50-44(62)36(29-37(47)55)53-45(63)35(28-33-21-15-12-16-22-33)51-39(57)24-25-41(59)60/h11-16,19-22,24-25,31,34-36,42H,3-10,17-18,23,26-30H2,1-2H3,(H2,47,55)(H2,48,61)(H,49,58)(H,50,62)(H,51,57)(H,52,64)(H,53,63)(H,54,56)(H,59,60)/b25-24+/t31?,34-,35-,36+,42-/m0/s1. The predicted octanol–water partition coefficient (Wildman–Crippen LogP) is 1.59. The van der Waals surface area contributed by atoms with Crippen molar-refractivity contribution < 1.29 is 48.3 Å². The SMILES string of the molecule is CCC(C)[C@H](NC(=O)CCCCCCCCCCCNC(=O)CNC(=O)[C@@H](CC(N)=O)NC(=O)[C@H](Cc1ccccc1)NC(=O)/C=C/C(=O)O)C(=O)N[C@@H](Cc1ccccc1)C(N)=O. The van der Waals surface area contributed by atoms with E-state index < -0.39 is 84.5 Å². The first-order valence-corrected chi connectivity index (χ1v) is 21.9. The maximum atomic E-state index is 13.2. The molecule has 2 aromatic rings. The van der Waals surface area contributed by atoms with Crippen molar-refractivity contribution in [3.63, 3.8) is 0 Å². The number of unbranched alkanes of at least 4 members (excludes halogenated alkanes) is 8. The van der Waals surface area contributed by atoms with Crippen molar-refractivity contribution >= 4 is 53.2 Å². The first-order valence-electron chi connectivity index (χ1n) is 21.9. The van der Waals surface area contributed by atoms with Crippen LogP contribution in [0.3, 0.4) is 0 Å². The summed E-state index contributed by atoms with van der Waals surface area (Å²) in [4.78, 5) is 112. The molecule has 18 heteroatoms. The van der Waals surface area contributed by atoms with Crippen LogP contribution in [0.25, 0.3) is 0 Å². The van der Waals surface area contributed by atoms with Gasteiger partial charge in [0.05, 0.1) is 13.0 Å². The van der Waals surface area contributed by atoms with Gasteiger partial charge >= 0.3 is 5.97 Å². The molecule has 18 nitrogen and oxygen atoms in total. The Balaban J connectivity index is 1.65. The number of amides is 8. The molecule has 11 N–H and O–H groups in total. The predicted molar refractivity (Wildman–Crippen MR) is 239 cm³/mol. The number of carbonyl (C=O) groups excluding carboxylic acids is 8. The number of nitrogens with two attached hydrogens (primary N) is 2. The fraction of sp³-hybridized carbons (Fsp3) is 0.500. The van der Waals surface area contributed by atoms with Crippen molar-refractivity contribution in [2.45, 2.75) is 128 Å². The van der Waals surface area contributed by atoms with E-state index in [1.54, 1.807) is 30.3 Å². The maximum absolute atomic E-state index is 13.2. The van der Waals surface area contributed by atoms with Crippen LogP contribution in [-0.2, 0) is 56.0 Å². The van der Waals surface area contributed by atoms with E-state index in [-0.39, 0.29) is 31.1 Å². The lowest BCUT2D eigenvalue weighted by Gasteiger charge is -2.26. The molecule has 350 valence electrons. The normalized spacial score (nSPS) is 13.3. The van der Waals surface area contributed by atoms with Crippen LogP contribution in [0.2, 0.25) is 0 Å². The number of rotatable bonds is 32. The second kappa shape index (κ2) is 30.5. The molecule has 0 aliphatic rings. The van der Waals surface area contributed by atoms with Crippen LogP contribution in [0.1, 0.15) is 102 Å². The third-order valence-electron chi connectivity index (χ3n) is 10.4.